The number of carbonyl (C=O) groups excluding carboxylic acids is 1. The molecule has 1 aromatic carbocycles. The van der Waals surface area contributed by atoms with Crippen LogP contribution in [0.2, 0.25) is 0 Å². The summed E-state index contributed by atoms with van der Waals surface area (Å²) in [4.78, 5) is 22.9. The number of hydrogen-bond donors (Lipinski definition) is 3. The van der Waals surface area contributed by atoms with Gasteiger partial charge in [-0.15, -0.1) is 0 Å². The molecule has 0 atom stereocenters. The van der Waals surface area contributed by atoms with Gasteiger partial charge in [0.15, 0.2) is 23.8 Å². The Morgan fingerprint density at radius 3 is 2.31 bits per heavy atom. The van der Waals surface area contributed by atoms with Crippen LogP contribution >= 0.6 is 0 Å². The number of benzene rings is 1. The van der Waals surface area contributed by atoms with Gasteiger partial charge in [-0.2, -0.15) is 5.26 Å². The normalized spacial score (nSPS) is 14.7. The number of amides is 1. The summed E-state index contributed by atoms with van der Waals surface area (Å²) in [5, 5.41) is 17.9. The lowest BCUT2D eigenvalue weighted by atomic mass is 10.1. The second-order valence-electron chi connectivity index (χ2n) is 8.68. The first-order valence-electron chi connectivity index (χ1n) is 11.1. The molecule has 1 aliphatic rings. The summed E-state index contributed by atoms with van der Waals surface area (Å²) in [5.74, 6) is -0.500. The first kappa shape index (κ1) is 27.3. The number of nitrogens with zero attached hydrogens (tertiary/aromatic N) is 4. The van der Waals surface area contributed by atoms with Crippen LogP contribution in [-0.2, 0) is 26.2 Å². The summed E-state index contributed by atoms with van der Waals surface area (Å²) in [7, 11) is -8.06. The van der Waals surface area contributed by atoms with Crippen molar-refractivity contribution in [3.8, 4) is 6.07 Å². The molecule has 2 aromatic rings. The molecule has 2 heterocycles. The van der Waals surface area contributed by atoms with Crippen molar-refractivity contribution < 1.29 is 21.6 Å². The Morgan fingerprint density at radius 1 is 1.14 bits per heavy atom. The fraction of sp³-hybridized carbons (Fsp3) is 0.455. The molecule has 1 fully saturated rings. The zero-order valence-electron chi connectivity index (χ0n) is 20.3. The summed E-state index contributed by atoms with van der Waals surface area (Å²) in [6.45, 7) is 4.12. The van der Waals surface area contributed by atoms with E-state index < -0.39 is 30.3 Å². The van der Waals surface area contributed by atoms with E-state index in [0.717, 1.165) is 51.3 Å². The van der Waals surface area contributed by atoms with E-state index in [1.54, 1.807) is 18.2 Å². The Balaban J connectivity index is 1.74. The van der Waals surface area contributed by atoms with E-state index in [0.29, 0.717) is 11.1 Å². The molecule has 0 unspecified atom stereocenters. The highest BCUT2D eigenvalue weighted by Gasteiger charge is 2.46. The van der Waals surface area contributed by atoms with E-state index in [1.165, 1.54) is 6.20 Å². The van der Waals surface area contributed by atoms with Gasteiger partial charge >= 0.3 is 0 Å². The quantitative estimate of drug-likeness (QED) is 0.391. The van der Waals surface area contributed by atoms with Crippen molar-refractivity contribution in [3.05, 3.63) is 47.4 Å². The number of piperazine rings is 1. The molecule has 3 rings (SSSR count). The number of nitrogens with one attached hydrogen (secondary N) is 3. The van der Waals surface area contributed by atoms with Crippen molar-refractivity contribution in [1.29, 1.82) is 5.26 Å². The topological polar surface area (TPSA) is 174 Å². The van der Waals surface area contributed by atoms with Crippen LogP contribution in [0, 0.1) is 11.3 Å². The minimum atomic E-state index is -4.03. The summed E-state index contributed by atoms with van der Waals surface area (Å²) in [6, 6.07) is 9.00. The van der Waals surface area contributed by atoms with Crippen molar-refractivity contribution in [1.82, 2.24) is 20.6 Å². The van der Waals surface area contributed by atoms with Gasteiger partial charge in [-0.25, -0.2) is 26.8 Å². The molecular formula is C22H29N7O5S2. The average Bonchev–Trinajstić information content (AvgIpc) is 2.85. The fourth-order valence-corrected chi connectivity index (χ4v) is 6.42. The maximum atomic E-state index is 12.7. The molecule has 1 amide bonds. The number of anilines is 2. The summed E-state index contributed by atoms with van der Waals surface area (Å²) in [6.07, 6.45) is 3.00. The molecule has 0 saturated carbocycles. The predicted octanol–water partition coefficient (Wildman–Crippen LogP) is -0.0948. The van der Waals surface area contributed by atoms with E-state index in [1.807, 2.05) is 12.1 Å². The third-order valence-electron chi connectivity index (χ3n) is 6.16. The van der Waals surface area contributed by atoms with E-state index in [2.05, 4.69) is 30.8 Å². The molecular weight excluding hydrogens is 506 g/mol. The SMILES string of the molecule is CC(CNc1nc(C#N)ncc1CNC(=O)c1ccc(N2CCNCC2)cc1)(S(C)(=O)=O)S(C)(=O)=O. The standard InChI is InChI=1S/C22H29N7O5S2/c1-22(35(2,31)32,36(3,33)34)15-27-20-17(13-25-19(12-23)28-20)14-26-21(30)16-4-6-18(7-5-16)29-10-8-24-9-11-29/h4-7,13,24H,8-11,14-15H2,1-3H3,(H,26,30)(H,25,27,28). The smallest absolute Gasteiger partial charge is 0.251 e. The number of aromatic nitrogens is 2. The Kier molecular flexibility index (Phi) is 8.17. The van der Waals surface area contributed by atoms with Crippen LogP contribution in [0.4, 0.5) is 11.5 Å². The van der Waals surface area contributed by atoms with Crippen LogP contribution in [0.15, 0.2) is 30.5 Å². The molecule has 12 nitrogen and oxygen atoms in total. The molecule has 0 bridgehead atoms. The van der Waals surface area contributed by atoms with Gasteiger partial charge in [0, 0.05) is 74.8 Å². The monoisotopic (exact) mass is 535 g/mol. The summed E-state index contributed by atoms with van der Waals surface area (Å²) >= 11 is 0. The van der Waals surface area contributed by atoms with E-state index >= 15 is 0 Å². The average molecular weight is 536 g/mol. The highest BCUT2D eigenvalue weighted by atomic mass is 32.3. The van der Waals surface area contributed by atoms with Crippen molar-refractivity contribution >= 4 is 37.1 Å². The first-order valence-corrected chi connectivity index (χ1v) is 14.9. The third-order valence-corrected chi connectivity index (χ3v) is 11.4. The molecule has 1 aromatic heterocycles. The van der Waals surface area contributed by atoms with Gasteiger partial charge in [0.2, 0.25) is 5.82 Å². The van der Waals surface area contributed by atoms with Gasteiger partial charge in [-0.1, -0.05) is 0 Å². The molecule has 1 saturated heterocycles. The Labute approximate surface area is 211 Å². The Hall–Kier alpha value is -3.28. The molecule has 14 heteroatoms. The first-order chi connectivity index (χ1) is 16.9. The minimum absolute atomic E-state index is 0.0408. The number of nitriles is 1. The van der Waals surface area contributed by atoms with E-state index in [-0.39, 0.29) is 24.1 Å². The van der Waals surface area contributed by atoms with Crippen LogP contribution in [-0.4, -0.2) is 82.0 Å². The third kappa shape index (κ3) is 6.10. The summed E-state index contributed by atoms with van der Waals surface area (Å²) < 4.78 is 46.9. The van der Waals surface area contributed by atoms with Crippen LogP contribution in [0.5, 0.6) is 0 Å². The molecule has 3 N–H and O–H groups in total. The van der Waals surface area contributed by atoms with Crippen molar-refractivity contribution in [2.45, 2.75) is 17.5 Å². The van der Waals surface area contributed by atoms with Gasteiger partial charge in [-0.3, -0.25) is 4.79 Å². The lowest BCUT2D eigenvalue weighted by Crippen LogP contribution is -2.48. The largest absolute Gasteiger partial charge is 0.369 e. The molecule has 1 aliphatic heterocycles. The highest BCUT2D eigenvalue weighted by Crippen LogP contribution is 2.24. The number of rotatable bonds is 9. The zero-order valence-corrected chi connectivity index (χ0v) is 21.9. The highest BCUT2D eigenvalue weighted by molar-refractivity contribution is 8.09. The Morgan fingerprint density at radius 2 is 1.75 bits per heavy atom. The zero-order chi connectivity index (χ0) is 26.6. The van der Waals surface area contributed by atoms with E-state index in [4.69, 9.17) is 5.26 Å². The molecule has 0 aliphatic carbocycles. The van der Waals surface area contributed by atoms with Gasteiger partial charge in [0.05, 0.1) is 0 Å². The molecule has 0 radical (unpaired) electrons. The Bertz CT molecular complexity index is 1330. The summed E-state index contributed by atoms with van der Waals surface area (Å²) in [5.41, 5.74) is 1.82. The van der Waals surface area contributed by atoms with Gasteiger partial charge < -0.3 is 20.9 Å². The van der Waals surface area contributed by atoms with Gasteiger partial charge in [0.1, 0.15) is 11.9 Å². The van der Waals surface area contributed by atoms with Gasteiger partial charge in [-0.05, 0) is 31.2 Å². The molecule has 36 heavy (non-hydrogen) atoms. The lowest BCUT2D eigenvalue weighted by molar-refractivity contribution is 0.0951. The maximum Gasteiger partial charge on any atom is 0.251 e. The maximum absolute atomic E-state index is 12.7. The molecule has 0 spiro atoms. The second kappa shape index (κ2) is 10.8. The van der Waals surface area contributed by atoms with Crippen LogP contribution < -0.4 is 20.9 Å². The fourth-order valence-electron chi connectivity index (χ4n) is 3.55. The van der Waals surface area contributed by atoms with Crippen molar-refractivity contribution in [3.63, 3.8) is 0 Å². The van der Waals surface area contributed by atoms with Crippen molar-refractivity contribution in [2.75, 3.05) is 55.5 Å². The lowest BCUT2D eigenvalue weighted by Gasteiger charge is -2.29. The van der Waals surface area contributed by atoms with Crippen LogP contribution in [0.25, 0.3) is 0 Å². The van der Waals surface area contributed by atoms with E-state index in [9.17, 15) is 21.6 Å². The molecule has 194 valence electrons. The number of sulfone groups is 2. The number of carbonyl (C=O) groups is 1. The number of hydrogen-bond acceptors (Lipinski definition) is 11. The van der Waals surface area contributed by atoms with Crippen LogP contribution in [0.3, 0.4) is 0 Å². The van der Waals surface area contributed by atoms with Crippen LogP contribution in [0.1, 0.15) is 28.7 Å². The predicted molar refractivity (Wildman–Crippen MR) is 136 cm³/mol. The second-order valence-corrected chi connectivity index (χ2v) is 13.8. The van der Waals surface area contributed by atoms with Gasteiger partial charge in [0.25, 0.3) is 5.91 Å². The minimum Gasteiger partial charge on any atom is -0.369 e. The van der Waals surface area contributed by atoms with Crippen molar-refractivity contribution in [2.24, 2.45) is 0 Å².